The lowest BCUT2D eigenvalue weighted by molar-refractivity contribution is 0.0861. The number of rotatable bonds is 5. The van der Waals surface area contributed by atoms with Crippen LogP contribution < -0.4 is 10.1 Å². The fourth-order valence-electron chi connectivity index (χ4n) is 3.24. The summed E-state index contributed by atoms with van der Waals surface area (Å²) in [6.45, 7) is 1.35. The fraction of sp³-hybridized carbons (Fsp3) is 0.368. The Kier molecular flexibility index (Phi) is 4.65. The number of aryl methyl sites for hydroxylation is 1. The van der Waals surface area contributed by atoms with E-state index in [0.29, 0.717) is 11.4 Å². The van der Waals surface area contributed by atoms with Gasteiger partial charge in [-0.25, -0.2) is 0 Å². The summed E-state index contributed by atoms with van der Waals surface area (Å²) in [4.78, 5) is 14.2. The molecule has 1 aliphatic heterocycles. The molecule has 6 nitrogen and oxygen atoms in total. The number of nitrogens with one attached hydrogen (secondary N) is 1. The van der Waals surface area contributed by atoms with E-state index >= 15 is 0 Å². The van der Waals surface area contributed by atoms with Crippen LogP contribution in [0.2, 0.25) is 0 Å². The van der Waals surface area contributed by atoms with Crippen molar-refractivity contribution in [3.63, 3.8) is 0 Å². The van der Waals surface area contributed by atoms with Crippen molar-refractivity contribution in [2.75, 3.05) is 20.3 Å². The summed E-state index contributed by atoms with van der Waals surface area (Å²) in [5, 5.41) is 8.59. The van der Waals surface area contributed by atoms with Gasteiger partial charge in [0.05, 0.1) is 18.1 Å². The zero-order valence-corrected chi connectivity index (χ0v) is 15.6. The number of nitrogens with zero attached hydrogens (tertiary/aromatic N) is 2. The van der Waals surface area contributed by atoms with Gasteiger partial charge in [0.15, 0.2) is 0 Å². The van der Waals surface area contributed by atoms with Gasteiger partial charge in [-0.1, -0.05) is 12.1 Å². The molecule has 2 aromatic heterocycles. The van der Waals surface area contributed by atoms with E-state index in [4.69, 9.17) is 9.47 Å². The lowest BCUT2D eigenvalue weighted by Gasteiger charge is -2.09. The molecule has 3 heterocycles. The highest BCUT2D eigenvalue weighted by Crippen LogP contribution is 2.34. The van der Waals surface area contributed by atoms with Crippen LogP contribution in [0.25, 0.3) is 21.5 Å². The molecule has 1 aromatic carbocycles. The van der Waals surface area contributed by atoms with Crippen LogP contribution in [-0.2, 0) is 11.8 Å². The lowest BCUT2D eigenvalue weighted by Crippen LogP contribution is -2.31. The predicted octanol–water partition coefficient (Wildman–Crippen LogP) is 3.22. The van der Waals surface area contributed by atoms with Gasteiger partial charge in [-0.05, 0) is 31.0 Å². The second kappa shape index (κ2) is 7.09. The number of hydrogen-bond acceptors (Lipinski definition) is 5. The average Bonchev–Trinajstić information content (AvgIpc) is 3.38. The number of hydrogen-bond donors (Lipinski definition) is 1. The number of carbonyl (C=O) groups excluding carboxylic acids is 1. The first-order valence-electron chi connectivity index (χ1n) is 8.66. The first-order valence-corrected chi connectivity index (χ1v) is 9.48. The highest BCUT2D eigenvalue weighted by molar-refractivity contribution is 7.20. The van der Waals surface area contributed by atoms with Crippen LogP contribution in [0.1, 0.15) is 22.5 Å². The molecule has 1 atom stereocenters. The van der Waals surface area contributed by atoms with Crippen molar-refractivity contribution in [1.29, 1.82) is 0 Å². The number of carbonyl (C=O) groups is 1. The topological polar surface area (TPSA) is 65.4 Å². The molecule has 1 N–H and O–H groups in total. The molecule has 136 valence electrons. The standard InChI is InChI=1S/C19H21N3O3S/c1-22-19-15(17(21-22)12-5-3-6-13(9-12)24-2)10-16(26-19)18(23)20-11-14-7-4-8-25-14/h3,5-6,9-10,14H,4,7-8,11H2,1-2H3,(H,20,23)/t14-/m1/s1. The molecule has 0 aliphatic carbocycles. The quantitative estimate of drug-likeness (QED) is 0.748. The van der Waals surface area contributed by atoms with Gasteiger partial charge in [0, 0.05) is 31.1 Å². The summed E-state index contributed by atoms with van der Waals surface area (Å²) in [5.74, 6) is 0.726. The van der Waals surface area contributed by atoms with E-state index in [-0.39, 0.29) is 12.0 Å². The van der Waals surface area contributed by atoms with Crippen LogP contribution in [-0.4, -0.2) is 42.1 Å². The second-order valence-corrected chi connectivity index (χ2v) is 7.41. The van der Waals surface area contributed by atoms with Gasteiger partial charge in [-0.2, -0.15) is 5.10 Å². The third-order valence-corrected chi connectivity index (χ3v) is 5.79. The number of aromatic nitrogens is 2. The summed E-state index contributed by atoms with van der Waals surface area (Å²) in [6.07, 6.45) is 2.22. The largest absolute Gasteiger partial charge is 0.497 e. The summed E-state index contributed by atoms with van der Waals surface area (Å²) in [6, 6.07) is 9.72. The summed E-state index contributed by atoms with van der Waals surface area (Å²) in [7, 11) is 3.55. The molecular formula is C19H21N3O3S. The Morgan fingerprint density at radius 1 is 1.46 bits per heavy atom. The molecule has 1 saturated heterocycles. The molecule has 0 saturated carbocycles. The monoisotopic (exact) mass is 371 g/mol. The van der Waals surface area contributed by atoms with E-state index in [1.54, 1.807) is 7.11 Å². The van der Waals surface area contributed by atoms with Gasteiger partial charge in [0.2, 0.25) is 0 Å². The maximum Gasteiger partial charge on any atom is 0.261 e. The van der Waals surface area contributed by atoms with E-state index in [1.807, 2.05) is 42.1 Å². The van der Waals surface area contributed by atoms with Crippen molar-refractivity contribution in [3.05, 3.63) is 35.2 Å². The SMILES string of the molecule is COc1cccc(-c2nn(C)c3sc(C(=O)NC[C@H]4CCCO4)cc23)c1. The fourth-order valence-corrected chi connectivity index (χ4v) is 4.22. The number of thiophene rings is 1. The van der Waals surface area contributed by atoms with Crippen LogP contribution in [0.3, 0.4) is 0 Å². The molecule has 26 heavy (non-hydrogen) atoms. The van der Waals surface area contributed by atoms with E-state index in [2.05, 4.69) is 10.4 Å². The molecule has 1 amide bonds. The zero-order valence-electron chi connectivity index (χ0n) is 14.8. The molecule has 1 aliphatic rings. The Labute approximate surface area is 155 Å². The number of amides is 1. The van der Waals surface area contributed by atoms with Crippen molar-refractivity contribution >= 4 is 27.5 Å². The molecule has 3 aromatic rings. The van der Waals surface area contributed by atoms with Gasteiger partial charge in [-0.15, -0.1) is 11.3 Å². The first kappa shape index (κ1) is 17.1. The molecular weight excluding hydrogens is 350 g/mol. The van der Waals surface area contributed by atoms with E-state index in [1.165, 1.54) is 11.3 Å². The molecule has 0 radical (unpaired) electrons. The Morgan fingerprint density at radius 3 is 3.12 bits per heavy atom. The van der Waals surface area contributed by atoms with Crippen molar-refractivity contribution in [1.82, 2.24) is 15.1 Å². The van der Waals surface area contributed by atoms with E-state index in [0.717, 1.165) is 46.7 Å². The molecule has 7 heteroatoms. The van der Waals surface area contributed by atoms with Gasteiger partial charge in [-0.3, -0.25) is 9.48 Å². The third-order valence-electron chi connectivity index (χ3n) is 4.59. The first-order chi connectivity index (χ1) is 12.7. The van der Waals surface area contributed by atoms with Gasteiger partial charge < -0.3 is 14.8 Å². The Morgan fingerprint density at radius 2 is 2.35 bits per heavy atom. The number of ether oxygens (including phenoxy) is 2. The number of methoxy groups -OCH3 is 1. The summed E-state index contributed by atoms with van der Waals surface area (Å²) >= 11 is 1.46. The Hall–Kier alpha value is -2.38. The highest BCUT2D eigenvalue weighted by Gasteiger charge is 2.20. The second-order valence-electron chi connectivity index (χ2n) is 6.38. The van der Waals surface area contributed by atoms with Gasteiger partial charge in [0.1, 0.15) is 16.3 Å². The van der Waals surface area contributed by atoms with E-state index < -0.39 is 0 Å². The van der Waals surface area contributed by atoms with Crippen molar-refractivity contribution in [2.24, 2.45) is 7.05 Å². The minimum atomic E-state index is -0.0571. The minimum absolute atomic E-state index is 0.0571. The van der Waals surface area contributed by atoms with Crippen LogP contribution in [0.4, 0.5) is 0 Å². The van der Waals surface area contributed by atoms with Crippen molar-refractivity contribution in [3.8, 4) is 17.0 Å². The molecule has 0 bridgehead atoms. The van der Waals surface area contributed by atoms with Gasteiger partial charge >= 0.3 is 0 Å². The smallest absolute Gasteiger partial charge is 0.261 e. The molecule has 0 unspecified atom stereocenters. The Bertz CT molecular complexity index is 941. The highest BCUT2D eigenvalue weighted by atomic mass is 32.1. The number of benzene rings is 1. The van der Waals surface area contributed by atoms with Crippen LogP contribution in [0, 0.1) is 0 Å². The van der Waals surface area contributed by atoms with Crippen LogP contribution in [0.15, 0.2) is 30.3 Å². The molecule has 4 rings (SSSR count). The average molecular weight is 371 g/mol. The third kappa shape index (κ3) is 3.20. The minimum Gasteiger partial charge on any atom is -0.497 e. The zero-order chi connectivity index (χ0) is 18.1. The number of fused-ring (bicyclic) bond motifs is 1. The summed E-state index contributed by atoms with van der Waals surface area (Å²) in [5.41, 5.74) is 1.83. The predicted molar refractivity (Wildman–Crippen MR) is 102 cm³/mol. The van der Waals surface area contributed by atoms with Crippen LogP contribution >= 0.6 is 11.3 Å². The van der Waals surface area contributed by atoms with Crippen LogP contribution in [0.5, 0.6) is 5.75 Å². The van der Waals surface area contributed by atoms with E-state index in [9.17, 15) is 4.79 Å². The Balaban J connectivity index is 1.61. The lowest BCUT2D eigenvalue weighted by atomic mass is 10.1. The molecule has 1 fully saturated rings. The normalized spacial score (nSPS) is 16.9. The van der Waals surface area contributed by atoms with Crippen molar-refractivity contribution < 1.29 is 14.3 Å². The maximum absolute atomic E-state index is 12.5. The van der Waals surface area contributed by atoms with Gasteiger partial charge in [0.25, 0.3) is 5.91 Å². The van der Waals surface area contributed by atoms with Crippen molar-refractivity contribution in [2.45, 2.75) is 18.9 Å². The molecule has 0 spiro atoms. The summed E-state index contributed by atoms with van der Waals surface area (Å²) < 4.78 is 12.7. The maximum atomic E-state index is 12.5.